The van der Waals surface area contributed by atoms with Gasteiger partial charge in [0.25, 0.3) is 0 Å². The summed E-state index contributed by atoms with van der Waals surface area (Å²) >= 11 is 0. The summed E-state index contributed by atoms with van der Waals surface area (Å²) < 4.78 is 5.27. The Morgan fingerprint density at radius 1 is 1.43 bits per heavy atom. The van der Waals surface area contributed by atoms with Crippen LogP contribution >= 0.6 is 0 Å². The van der Waals surface area contributed by atoms with Crippen LogP contribution in [0.15, 0.2) is 24.3 Å². The number of ether oxygens (including phenoxy) is 1. The van der Waals surface area contributed by atoms with Crippen LogP contribution in [0.1, 0.15) is 17.2 Å². The smallest absolute Gasteiger partial charge is 0.410 e. The van der Waals surface area contributed by atoms with Crippen LogP contribution in [0, 0.1) is 0 Å². The van der Waals surface area contributed by atoms with Gasteiger partial charge in [-0.3, -0.25) is 0 Å². The predicted octanol–water partition coefficient (Wildman–Crippen LogP) is 1.73. The van der Waals surface area contributed by atoms with Crippen molar-refractivity contribution in [3.8, 4) is 0 Å². The van der Waals surface area contributed by atoms with E-state index in [1.807, 2.05) is 12.1 Å². The number of hydrogen-bond donors (Lipinski definition) is 0. The predicted molar refractivity (Wildman–Crippen MR) is 50.9 cm³/mol. The molecule has 1 fully saturated rings. The Morgan fingerprint density at radius 3 is 3.07 bits per heavy atom. The molecule has 1 amide bonds. The molecule has 3 nitrogen and oxygen atoms in total. The van der Waals surface area contributed by atoms with Gasteiger partial charge in [0.15, 0.2) is 0 Å². The number of carbonyl (C=O) groups excluding carboxylic acids is 1. The molecule has 1 heterocycles. The van der Waals surface area contributed by atoms with E-state index in [1.54, 1.807) is 11.9 Å². The summed E-state index contributed by atoms with van der Waals surface area (Å²) in [4.78, 5) is 13.0. The molecule has 2 aliphatic rings. The Morgan fingerprint density at radius 2 is 2.21 bits per heavy atom. The van der Waals surface area contributed by atoms with Crippen LogP contribution in [0.2, 0.25) is 0 Å². The summed E-state index contributed by atoms with van der Waals surface area (Å²) in [7, 11) is 1.80. The fraction of sp³-hybridized carbons (Fsp3) is 0.364. The third-order valence-corrected chi connectivity index (χ3v) is 3.10. The maximum Gasteiger partial charge on any atom is 0.410 e. The number of hydrogen-bond acceptors (Lipinski definition) is 2. The van der Waals surface area contributed by atoms with Crippen LogP contribution in [-0.4, -0.2) is 24.1 Å². The van der Waals surface area contributed by atoms with E-state index >= 15 is 0 Å². The maximum absolute atomic E-state index is 11.3. The number of amides is 1. The topological polar surface area (TPSA) is 29.5 Å². The highest BCUT2D eigenvalue weighted by Crippen LogP contribution is 2.41. The molecule has 3 heteroatoms. The third kappa shape index (κ3) is 0.842. The average Bonchev–Trinajstić information content (AvgIpc) is 2.65. The van der Waals surface area contributed by atoms with Crippen molar-refractivity contribution in [3.05, 3.63) is 35.4 Å². The van der Waals surface area contributed by atoms with E-state index in [4.69, 9.17) is 4.74 Å². The van der Waals surface area contributed by atoms with E-state index in [2.05, 4.69) is 12.1 Å². The fourth-order valence-electron chi connectivity index (χ4n) is 2.43. The van der Waals surface area contributed by atoms with Gasteiger partial charge in [-0.05, 0) is 11.1 Å². The first-order valence-corrected chi connectivity index (χ1v) is 4.78. The zero-order valence-corrected chi connectivity index (χ0v) is 7.93. The lowest BCUT2D eigenvalue weighted by atomic mass is 10.1. The first-order valence-electron chi connectivity index (χ1n) is 4.78. The molecule has 0 saturated carbocycles. The third-order valence-electron chi connectivity index (χ3n) is 3.10. The second kappa shape index (κ2) is 2.50. The average molecular weight is 189 g/mol. The van der Waals surface area contributed by atoms with Crippen LogP contribution in [0.5, 0.6) is 0 Å². The highest BCUT2D eigenvalue weighted by Gasteiger charge is 2.45. The van der Waals surface area contributed by atoms with Gasteiger partial charge in [-0.15, -0.1) is 0 Å². The number of rotatable bonds is 0. The molecule has 0 radical (unpaired) electrons. The SMILES string of the molecule is CN1C(=O)O[C@@H]2Cc3ccccc3[C@@H]21. The number of likely N-dealkylation sites (N-methyl/N-ethyl adjacent to an activating group) is 1. The van der Waals surface area contributed by atoms with Crippen molar-refractivity contribution < 1.29 is 9.53 Å². The van der Waals surface area contributed by atoms with Crippen molar-refractivity contribution in [2.45, 2.75) is 18.6 Å². The lowest BCUT2D eigenvalue weighted by molar-refractivity contribution is 0.133. The van der Waals surface area contributed by atoms with Gasteiger partial charge in [0.2, 0.25) is 0 Å². The molecule has 2 atom stereocenters. The lowest BCUT2D eigenvalue weighted by Crippen LogP contribution is -2.22. The van der Waals surface area contributed by atoms with Crippen molar-refractivity contribution in [3.63, 3.8) is 0 Å². The van der Waals surface area contributed by atoms with Crippen LogP contribution < -0.4 is 0 Å². The summed E-state index contributed by atoms with van der Waals surface area (Å²) in [6.45, 7) is 0. The molecule has 0 spiro atoms. The van der Waals surface area contributed by atoms with Gasteiger partial charge in [-0.1, -0.05) is 24.3 Å². The zero-order chi connectivity index (χ0) is 9.71. The molecule has 3 rings (SSSR count). The van der Waals surface area contributed by atoms with E-state index in [0.717, 1.165) is 6.42 Å². The summed E-state index contributed by atoms with van der Waals surface area (Å²) in [6, 6.07) is 8.37. The molecule has 72 valence electrons. The summed E-state index contributed by atoms with van der Waals surface area (Å²) in [5.74, 6) is 0. The van der Waals surface area contributed by atoms with Crippen molar-refractivity contribution in [2.24, 2.45) is 0 Å². The molecule has 0 N–H and O–H groups in total. The van der Waals surface area contributed by atoms with E-state index in [1.165, 1.54) is 11.1 Å². The minimum absolute atomic E-state index is 0.0323. The van der Waals surface area contributed by atoms with Gasteiger partial charge >= 0.3 is 6.09 Å². The lowest BCUT2D eigenvalue weighted by Gasteiger charge is -2.15. The van der Waals surface area contributed by atoms with Crippen LogP contribution in [0.25, 0.3) is 0 Å². The van der Waals surface area contributed by atoms with Crippen molar-refractivity contribution in [2.75, 3.05) is 7.05 Å². The Balaban J connectivity index is 2.09. The minimum atomic E-state index is -0.200. The standard InChI is InChI=1S/C11H11NO2/c1-12-10-8-5-3-2-4-7(8)6-9(10)14-11(12)13/h2-5,9-10H,6H2,1H3/t9-,10+/m1/s1. The summed E-state index contributed by atoms with van der Waals surface area (Å²) in [5.41, 5.74) is 2.55. The van der Waals surface area contributed by atoms with Crippen molar-refractivity contribution in [1.29, 1.82) is 0 Å². The van der Waals surface area contributed by atoms with Crippen molar-refractivity contribution >= 4 is 6.09 Å². The summed E-state index contributed by atoms with van der Waals surface area (Å²) in [6.07, 6.45) is 0.691. The number of carbonyl (C=O) groups is 1. The maximum atomic E-state index is 11.3. The van der Waals surface area contributed by atoms with E-state index < -0.39 is 0 Å². The molecule has 0 unspecified atom stereocenters. The normalized spacial score (nSPS) is 28.6. The second-order valence-electron chi connectivity index (χ2n) is 3.88. The molecular weight excluding hydrogens is 178 g/mol. The van der Waals surface area contributed by atoms with Crippen molar-refractivity contribution in [1.82, 2.24) is 4.90 Å². The molecule has 1 saturated heterocycles. The van der Waals surface area contributed by atoms with Gasteiger partial charge in [0, 0.05) is 13.5 Å². The molecule has 14 heavy (non-hydrogen) atoms. The van der Waals surface area contributed by atoms with Gasteiger partial charge < -0.3 is 9.64 Å². The van der Waals surface area contributed by atoms with E-state index in [-0.39, 0.29) is 18.2 Å². The number of benzene rings is 1. The Labute approximate surface area is 82.3 Å². The van der Waals surface area contributed by atoms with Gasteiger partial charge in [0.1, 0.15) is 6.10 Å². The summed E-state index contributed by atoms with van der Waals surface area (Å²) in [5, 5.41) is 0. The van der Waals surface area contributed by atoms with Crippen LogP contribution in [-0.2, 0) is 11.2 Å². The molecular formula is C11H11NO2. The number of nitrogens with zero attached hydrogens (tertiary/aromatic N) is 1. The Bertz CT molecular complexity index is 402. The monoisotopic (exact) mass is 189 g/mol. The molecule has 1 aromatic carbocycles. The fourth-order valence-corrected chi connectivity index (χ4v) is 2.43. The Hall–Kier alpha value is -1.51. The number of fused-ring (bicyclic) bond motifs is 3. The van der Waals surface area contributed by atoms with Gasteiger partial charge in [-0.25, -0.2) is 4.79 Å². The van der Waals surface area contributed by atoms with Gasteiger partial charge in [0.05, 0.1) is 6.04 Å². The molecule has 0 bridgehead atoms. The first kappa shape index (κ1) is 7.85. The highest BCUT2D eigenvalue weighted by molar-refractivity contribution is 5.71. The second-order valence-corrected chi connectivity index (χ2v) is 3.88. The van der Waals surface area contributed by atoms with E-state index in [0.29, 0.717) is 0 Å². The first-order chi connectivity index (χ1) is 6.77. The quantitative estimate of drug-likeness (QED) is 0.622. The minimum Gasteiger partial charge on any atom is -0.443 e. The molecule has 1 aliphatic heterocycles. The van der Waals surface area contributed by atoms with Gasteiger partial charge in [-0.2, -0.15) is 0 Å². The largest absolute Gasteiger partial charge is 0.443 e. The Kier molecular flexibility index (Phi) is 1.40. The molecule has 1 aromatic rings. The highest BCUT2D eigenvalue weighted by atomic mass is 16.6. The van der Waals surface area contributed by atoms with Crippen LogP contribution in [0.4, 0.5) is 4.79 Å². The molecule has 0 aromatic heterocycles. The van der Waals surface area contributed by atoms with E-state index in [9.17, 15) is 4.79 Å². The zero-order valence-electron chi connectivity index (χ0n) is 7.93. The van der Waals surface area contributed by atoms with Crippen LogP contribution in [0.3, 0.4) is 0 Å². The molecule has 1 aliphatic carbocycles.